The number of carbonyl (C=O) groups is 3. The van der Waals surface area contributed by atoms with Gasteiger partial charge in [0.15, 0.2) is 11.5 Å². The summed E-state index contributed by atoms with van der Waals surface area (Å²) < 4.78 is 10.6. The number of fused-ring (bicyclic) bond motifs is 3. The van der Waals surface area contributed by atoms with E-state index in [-0.39, 0.29) is 37.1 Å². The molecule has 9 nitrogen and oxygen atoms in total. The zero-order valence-electron chi connectivity index (χ0n) is 18.2. The molecule has 0 spiro atoms. The number of carbonyl (C=O) groups excluding carboxylic acids is 2. The molecular formula is C25H23N3O6. The lowest BCUT2D eigenvalue weighted by Crippen LogP contribution is -2.34. The molecule has 0 saturated heterocycles. The second-order valence-corrected chi connectivity index (χ2v) is 8.63. The van der Waals surface area contributed by atoms with Crippen molar-refractivity contribution < 1.29 is 28.8 Å². The van der Waals surface area contributed by atoms with Gasteiger partial charge in [0.05, 0.1) is 12.0 Å². The number of benzene rings is 2. The monoisotopic (exact) mass is 461 g/mol. The highest BCUT2D eigenvalue weighted by atomic mass is 16.5. The summed E-state index contributed by atoms with van der Waals surface area (Å²) in [6.07, 6.45) is 0.467. The van der Waals surface area contributed by atoms with Crippen LogP contribution in [0.3, 0.4) is 0 Å². The molecule has 0 atom stereocenters. The van der Waals surface area contributed by atoms with Gasteiger partial charge in [-0.05, 0) is 35.1 Å². The van der Waals surface area contributed by atoms with Crippen molar-refractivity contribution in [1.82, 2.24) is 15.8 Å². The molecule has 174 valence electrons. The smallest absolute Gasteiger partial charge is 0.407 e. The third-order valence-electron chi connectivity index (χ3n) is 6.44. The van der Waals surface area contributed by atoms with E-state index in [0.717, 1.165) is 22.3 Å². The molecule has 2 aliphatic rings. The average Bonchev–Trinajstić information content (AvgIpc) is 3.39. The minimum atomic E-state index is -0.916. The molecule has 3 N–H and O–H groups in total. The Morgan fingerprint density at radius 3 is 2.29 bits per heavy atom. The van der Waals surface area contributed by atoms with Crippen LogP contribution in [-0.2, 0) is 16.1 Å². The molecular weight excluding hydrogens is 438 g/mol. The van der Waals surface area contributed by atoms with E-state index in [1.54, 1.807) is 0 Å². The van der Waals surface area contributed by atoms with E-state index in [0.29, 0.717) is 12.8 Å². The normalized spacial score (nSPS) is 15.2. The Morgan fingerprint density at radius 2 is 1.68 bits per heavy atom. The lowest BCUT2D eigenvalue weighted by molar-refractivity contribution is -0.143. The van der Waals surface area contributed by atoms with Crippen LogP contribution in [0.2, 0.25) is 0 Å². The molecule has 34 heavy (non-hydrogen) atoms. The van der Waals surface area contributed by atoms with Gasteiger partial charge in [0.25, 0.3) is 5.91 Å². The molecule has 1 aromatic heterocycles. The van der Waals surface area contributed by atoms with Gasteiger partial charge >= 0.3 is 12.1 Å². The summed E-state index contributed by atoms with van der Waals surface area (Å²) in [7, 11) is 0. The molecule has 1 fully saturated rings. The molecule has 9 heteroatoms. The molecule has 0 bridgehead atoms. The van der Waals surface area contributed by atoms with Gasteiger partial charge in [-0.1, -0.05) is 53.7 Å². The molecule has 0 radical (unpaired) electrons. The number of hydrogen-bond donors (Lipinski definition) is 3. The molecule has 0 unspecified atom stereocenters. The summed E-state index contributed by atoms with van der Waals surface area (Å²) in [4.78, 5) is 35.7. The van der Waals surface area contributed by atoms with Gasteiger partial charge in [0, 0.05) is 18.5 Å². The Balaban J connectivity index is 1.13. The Kier molecular flexibility index (Phi) is 5.53. The number of carboxylic acids is 1. The van der Waals surface area contributed by atoms with Crippen molar-refractivity contribution >= 4 is 18.0 Å². The highest BCUT2D eigenvalue weighted by Crippen LogP contribution is 2.45. The molecule has 1 heterocycles. The quantitative estimate of drug-likeness (QED) is 0.469. The molecule has 2 amide bonds. The maximum Gasteiger partial charge on any atom is 0.407 e. The standard InChI is InChI=1S/C25H23N3O6/c29-22(27-14-25(9-10-25)23(30)31)21-11-15(34-28-21)12-26-24(32)33-13-20-18-7-3-1-5-16(18)17-6-2-4-8-19(17)20/h1-8,11,20H,9-10,12-14H2,(H,26,32)(H,27,29)(H,30,31). The Labute approximate surface area is 195 Å². The van der Waals surface area contributed by atoms with Crippen molar-refractivity contribution in [2.75, 3.05) is 13.2 Å². The number of aliphatic carboxylic acids is 1. The third kappa shape index (κ3) is 4.12. The van der Waals surface area contributed by atoms with Gasteiger partial charge in [-0.3, -0.25) is 9.59 Å². The zero-order valence-corrected chi connectivity index (χ0v) is 18.2. The van der Waals surface area contributed by atoms with Crippen molar-refractivity contribution in [3.63, 3.8) is 0 Å². The van der Waals surface area contributed by atoms with E-state index < -0.39 is 23.4 Å². The lowest BCUT2D eigenvalue weighted by Gasteiger charge is -2.14. The summed E-state index contributed by atoms with van der Waals surface area (Å²) in [5, 5.41) is 18.1. The fraction of sp³-hybridized carbons (Fsp3) is 0.280. The second kappa shape index (κ2) is 8.66. The summed E-state index contributed by atoms with van der Waals surface area (Å²) in [6.45, 7) is 0.229. The molecule has 3 aromatic rings. The minimum absolute atomic E-state index is 0.00395. The molecule has 0 aliphatic heterocycles. The van der Waals surface area contributed by atoms with Crippen molar-refractivity contribution in [2.45, 2.75) is 25.3 Å². The van der Waals surface area contributed by atoms with Crippen LogP contribution in [0.5, 0.6) is 0 Å². The number of amides is 2. The van der Waals surface area contributed by atoms with Crippen LogP contribution in [0.15, 0.2) is 59.1 Å². The topological polar surface area (TPSA) is 131 Å². The van der Waals surface area contributed by atoms with Gasteiger partial charge < -0.3 is 25.0 Å². The number of ether oxygens (including phenoxy) is 1. The van der Waals surface area contributed by atoms with Crippen LogP contribution in [0.4, 0.5) is 4.79 Å². The first kappa shape index (κ1) is 21.7. The van der Waals surface area contributed by atoms with Crippen LogP contribution in [0, 0.1) is 5.41 Å². The van der Waals surface area contributed by atoms with E-state index in [2.05, 4.69) is 27.9 Å². The van der Waals surface area contributed by atoms with Crippen LogP contribution in [-0.4, -0.2) is 41.4 Å². The maximum absolute atomic E-state index is 12.3. The Morgan fingerprint density at radius 1 is 1.03 bits per heavy atom. The van der Waals surface area contributed by atoms with E-state index in [4.69, 9.17) is 9.26 Å². The Bertz CT molecular complexity index is 1220. The average molecular weight is 461 g/mol. The number of nitrogens with zero attached hydrogens (tertiary/aromatic N) is 1. The number of aromatic nitrogens is 1. The van der Waals surface area contributed by atoms with Crippen LogP contribution < -0.4 is 10.6 Å². The van der Waals surface area contributed by atoms with Crippen molar-refractivity contribution in [2.24, 2.45) is 5.41 Å². The van der Waals surface area contributed by atoms with E-state index in [1.165, 1.54) is 6.07 Å². The first-order valence-electron chi connectivity index (χ1n) is 11.0. The molecule has 2 aliphatic carbocycles. The van der Waals surface area contributed by atoms with E-state index in [9.17, 15) is 19.5 Å². The lowest BCUT2D eigenvalue weighted by atomic mass is 9.98. The first-order valence-corrected chi connectivity index (χ1v) is 11.0. The van der Waals surface area contributed by atoms with Crippen molar-refractivity contribution in [3.8, 4) is 11.1 Å². The summed E-state index contributed by atoms with van der Waals surface area (Å²) >= 11 is 0. The number of rotatable bonds is 8. The zero-order chi connectivity index (χ0) is 23.7. The fourth-order valence-corrected chi connectivity index (χ4v) is 4.27. The minimum Gasteiger partial charge on any atom is -0.481 e. The van der Waals surface area contributed by atoms with E-state index in [1.807, 2.05) is 36.4 Å². The largest absolute Gasteiger partial charge is 0.481 e. The van der Waals surface area contributed by atoms with Gasteiger partial charge in [-0.25, -0.2) is 4.79 Å². The van der Waals surface area contributed by atoms with E-state index >= 15 is 0 Å². The second-order valence-electron chi connectivity index (χ2n) is 8.63. The number of hydrogen-bond acceptors (Lipinski definition) is 6. The highest BCUT2D eigenvalue weighted by molar-refractivity contribution is 5.92. The third-order valence-corrected chi connectivity index (χ3v) is 6.44. The summed E-state index contributed by atoms with van der Waals surface area (Å²) in [5.74, 6) is -1.21. The van der Waals surface area contributed by atoms with Crippen molar-refractivity contribution in [3.05, 3.63) is 77.2 Å². The van der Waals surface area contributed by atoms with Crippen molar-refractivity contribution in [1.29, 1.82) is 0 Å². The predicted octanol–water partition coefficient (Wildman–Crippen LogP) is 3.31. The maximum atomic E-state index is 12.3. The number of carboxylic acid groups (broad SMARTS) is 1. The first-order chi connectivity index (χ1) is 16.5. The van der Waals surface area contributed by atoms with Gasteiger partial charge in [0.2, 0.25) is 0 Å². The summed E-state index contributed by atoms with van der Waals surface area (Å²) in [5.41, 5.74) is 3.70. The van der Waals surface area contributed by atoms with Gasteiger partial charge in [-0.15, -0.1) is 0 Å². The highest BCUT2D eigenvalue weighted by Gasteiger charge is 2.50. The predicted molar refractivity (Wildman–Crippen MR) is 120 cm³/mol. The Hall–Kier alpha value is -4.14. The molecule has 1 saturated carbocycles. The summed E-state index contributed by atoms with van der Waals surface area (Å²) in [6, 6.07) is 17.6. The fourth-order valence-electron chi connectivity index (χ4n) is 4.27. The van der Waals surface area contributed by atoms with Crippen LogP contribution >= 0.6 is 0 Å². The SMILES string of the molecule is O=C(NCc1cc(C(=O)NCC2(C(=O)O)CC2)no1)OCC1c2ccccc2-c2ccccc21. The van der Waals surface area contributed by atoms with Crippen LogP contribution in [0.25, 0.3) is 11.1 Å². The van der Waals surface area contributed by atoms with Gasteiger partial charge in [0.1, 0.15) is 6.61 Å². The number of alkyl carbamates (subject to hydrolysis) is 1. The molecule has 2 aromatic carbocycles. The van der Waals surface area contributed by atoms with Crippen LogP contribution in [0.1, 0.15) is 46.1 Å². The van der Waals surface area contributed by atoms with Gasteiger partial charge in [-0.2, -0.15) is 0 Å². The molecule has 5 rings (SSSR count). The number of nitrogens with one attached hydrogen (secondary N) is 2.